The number of carbonyl (C=O) groups is 4. The van der Waals surface area contributed by atoms with E-state index in [4.69, 9.17) is 27.9 Å². The molecule has 2 heterocycles. The summed E-state index contributed by atoms with van der Waals surface area (Å²) in [5.41, 5.74) is 1.60. The van der Waals surface area contributed by atoms with Gasteiger partial charge < -0.3 is 14.9 Å². The molecular formula is C41H34Cl2N2O7. The van der Waals surface area contributed by atoms with E-state index in [1.807, 2.05) is 36.4 Å². The highest BCUT2D eigenvalue weighted by Gasteiger charge is 2.70. The van der Waals surface area contributed by atoms with Crippen molar-refractivity contribution >= 4 is 52.5 Å². The molecule has 0 bridgehead atoms. The number of hydrogen-bond donors (Lipinski definition) is 2. The molecule has 0 radical (unpaired) electrons. The monoisotopic (exact) mass is 736 g/mol. The third kappa shape index (κ3) is 5.04. The van der Waals surface area contributed by atoms with E-state index in [2.05, 4.69) is 0 Å². The molecule has 4 aromatic carbocycles. The SMILES string of the molecule is COc1cc(C2C3=CCC4C(=O)N(CCc5ccc(O)cc5)C(=O)C4C3CC3C(=O)N(c4cccc(Cl)c4)C(=O)C32c2ccccc2)cc(Cl)c1O. The number of aromatic hydroxyl groups is 2. The number of carbonyl (C=O) groups excluding carboxylic acids is 4. The van der Waals surface area contributed by atoms with Gasteiger partial charge in [-0.25, -0.2) is 4.90 Å². The molecule has 8 rings (SSSR count). The maximum Gasteiger partial charge on any atom is 0.246 e. The van der Waals surface area contributed by atoms with Gasteiger partial charge in [-0.05, 0) is 84.3 Å². The van der Waals surface area contributed by atoms with Gasteiger partial charge in [0.15, 0.2) is 11.5 Å². The molecule has 52 heavy (non-hydrogen) atoms. The molecule has 11 heteroatoms. The van der Waals surface area contributed by atoms with Crippen LogP contribution in [0, 0.1) is 23.7 Å². The van der Waals surface area contributed by atoms with Crippen molar-refractivity contribution in [3.05, 3.63) is 129 Å². The first kappa shape index (κ1) is 34.0. The van der Waals surface area contributed by atoms with Crippen LogP contribution in [0.5, 0.6) is 17.2 Å². The summed E-state index contributed by atoms with van der Waals surface area (Å²) in [4.78, 5) is 61.2. The van der Waals surface area contributed by atoms with Gasteiger partial charge in [-0.2, -0.15) is 0 Å². The zero-order chi connectivity index (χ0) is 36.5. The van der Waals surface area contributed by atoms with Crippen LogP contribution in [0.4, 0.5) is 5.69 Å². The number of rotatable bonds is 7. The summed E-state index contributed by atoms with van der Waals surface area (Å²) in [5.74, 6) is -5.20. The van der Waals surface area contributed by atoms with Crippen LogP contribution in [-0.4, -0.2) is 52.4 Å². The zero-order valence-electron chi connectivity index (χ0n) is 28.0. The second-order valence-electron chi connectivity index (χ2n) is 13.9. The van der Waals surface area contributed by atoms with Crippen molar-refractivity contribution in [1.82, 2.24) is 4.90 Å². The standard InChI is InChI=1S/C41H34Cl2N2O7/c1-52-33-19-23(18-32(43)36(33)47)35-28-14-15-29-34(39(50)44(37(29)48)17-16-22-10-12-27(46)13-11-22)30(28)21-31-38(49)45(26-9-5-8-25(42)20-26)40(51)41(31,35)24-6-3-2-4-7-24/h2-14,18-20,29-31,34-35,46-47H,15-17,21H2,1H3. The van der Waals surface area contributed by atoms with Crippen LogP contribution < -0.4 is 9.64 Å². The summed E-state index contributed by atoms with van der Waals surface area (Å²) in [5, 5.41) is 20.9. The van der Waals surface area contributed by atoms with Crippen LogP contribution in [0.2, 0.25) is 10.0 Å². The lowest BCUT2D eigenvalue weighted by molar-refractivity contribution is -0.140. The number of methoxy groups -OCH3 is 1. The summed E-state index contributed by atoms with van der Waals surface area (Å²) in [6, 6.07) is 25.6. The number of likely N-dealkylation sites (tertiary alicyclic amines) is 1. The third-order valence-corrected chi connectivity index (χ3v) is 11.9. The number of amides is 4. The number of anilines is 1. The van der Waals surface area contributed by atoms with E-state index in [0.29, 0.717) is 28.3 Å². The van der Waals surface area contributed by atoms with E-state index in [1.165, 1.54) is 16.9 Å². The Morgan fingerprint density at radius 3 is 2.31 bits per heavy atom. The first-order chi connectivity index (χ1) is 25.1. The van der Waals surface area contributed by atoms with Crippen LogP contribution in [0.15, 0.2) is 103 Å². The number of halogens is 2. The fourth-order valence-electron chi connectivity index (χ4n) is 9.22. The maximum atomic E-state index is 15.4. The topological polar surface area (TPSA) is 124 Å². The average molecular weight is 738 g/mol. The lowest BCUT2D eigenvalue weighted by Crippen LogP contribution is -2.53. The van der Waals surface area contributed by atoms with Crippen LogP contribution >= 0.6 is 23.2 Å². The Hall–Kier alpha value is -5.12. The molecule has 9 nitrogen and oxygen atoms in total. The molecule has 2 saturated heterocycles. The highest BCUT2D eigenvalue weighted by Crippen LogP contribution is 2.65. The van der Waals surface area contributed by atoms with Gasteiger partial charge in [-0.1, -0.05) is 83.4 Å². The van der Waals surface area contributed by atoms with Crippen molar-refractivity contribution in [2.24, 2.45) is 23.7 Å². The van der Waals surface area contributed by atoms with E-state index >= 15 is 4.79 Å². The summed E-state index contributed by atoms with van der Waals surface area (Å²) in [7, 11) is 1.40. The predicted molar refractivity (Wildman–Crippen MR) is 194 cm³/mol. The zero-order valence-corrected chi connectivity index (χ0v) is 29.6. The van der Waals surface area contributed by atoms with Gasteiger partial charge in [0.05, 0.1) is 41.0 Å². The largest absolute Gasteiger partial charge is 0.508 e. The molecule has 6 atom stereocenters. The molecule has 4 amide bonds. The van der Waals surface area contributed by atoms with Crippen molar-refractivity contribution in [2.45, 2.75) is 30.6 Å². The normalized spacial score (nSPS) is 26.6. The van der Waals surface area contributed by atoms with Gasteiger partial charge >= 0.3 is 0 Å². The Morgan fingerprint density at radius 1 is 0.846 bits per heavy atom. The minimum Gasteiger partial charge on any atom is -0.508 e. The average Bonchev–Trinajstić information content (AvgIpc) is 3.53. The number of ether oxygens (including phenoxy) is 1. The molecule has 2 N–H and O–H groups in total. The Labute approximate surface area is 310 Å². The van der Waals surface area contributed by atoms with E-state index < -0.39 is 46.8 Å². The molecule has 1 saturated carbocycles. The smallest absolute Gasteiger partial charge is 0.246 e. The number of allylic oxidation sites excluding steroid dienone is 2. The van der Waals surface area contributed by atoms with Gasteiger partial charge in [0.2, 0.25) is 23.6 Å². The summed E-state index contributed by atoms with van der Waals surface area (Å²) in [6.45, 7) is 0.170. The fourth-order valence-corrected chi connectivity index (χ4v) is 9.63. The summed E-state index contributed by atoms with van der Waals surface area (Å²) >= 11 is 13.0. The Kier molecular flexibility index (Phi) is 8.38. The van der Waals surface area contributed by atoms with Gasteiger partial charge in [0, 0.05) is 17.5 Å². The van der Waals surface area contributed by atoms with Crippen LogP contribution in [-0.2, 0) is 31.0 Å². The predicted octanol–water partition coefficient (Wildman–Crippen LogP) is 6.82. The molecule has 264 valence electrons. The number of nitrogens with zero attached hydrogens (tertiary/aromatic N) is 2. The number of imide groups is 2. The molecule has 4 aromatic rings. The molecule has 3 fully saturated rings. The van der Waals surface area contributed by atoms with Crippen LogP contribution in [0.1, 0.15) is 35.4 Å². The number of benzene rings is 4. The quantitative estimate of drug-likeness (QED) is 0.158. The van der Waals surface area contributed by atoms with Crippen molar-refractivity contribution < 1.29 is 34.1 Å². The lowest BCUT2D eigenvalue weighted by Gasteiger charge is -2.50. The number of phenols is 2. The Morgan fingerprint density at radius 2 is 1.60 bits per heavy atom. The van der Waals surface area contributed by atoms with Crippen molar-refractivity contribution in [2.75, 3.05) is 18.6 Å². The molecule has 2 aliphatic carbocycles. The second-order valence-corrected chi connectivity index (χ2v) is 14.7. The van der Waals surface area contributed by atoms with Gasteiger partial charge in [0.25, 0.3) is 0 Å². The first-order valence-corrected chi connectivity index (χ1v) is 17.9. The van der Waals surface area contributed by atoms with E-state index in [9.17, 15) is 24.6 Å². The molecule has 2 aliphatic heterocycles. The number of phenolic OH excluding ortho intramolecular Hbond substituents is 2. The van der Waals surface area contributed by atoms with Gasteiger partial charge in [-0.3, -0.25) is 24.1 Å². The molecule has 0 spiro atoms. The van der Waals surface area contributed by atoms with Crippen molar-refractivity contribution in [3.8, 4) is 17.2 Å². The van der Waals surface area contributed by atoms with E-state index in [1.54, 1.807) is 60.7 Å². The Bertz CT molecular complexity index is 2170. The molecular weight excluding hydrogens is 703 g/mol. The third-order valence-electron chi connectivity index (χ3n) is 11.4. The van der Waals surface area contributed by atoms with Crippen molar-refractivity contribution in [3.63, 3.8) is 0 Å². The lowest BCUT2D eigenvalue weighted by atomic mass is 9.49. The number of fused-ring (bicyclic) bond motifs is 4. The minimum absolute atomic E-state index is 0.00140. The maximum absolute atomic E-state index is 15.4. The van der Waals surface area contributed by atoms with E-state index in [-0.39, 0.29) is 53.5 Å². The van der Waals surface area contributed by atoms with Crippen molar-refractivity contribution in [1.29, 1.82) is 0 Å². The van der Waals surface area contributed by atoms with E-state index in [0.717, 1.165) is 11.1 Å². The first-order valence-electron chi connectivity index (χ1n) is 17.1. The molecule has 4 aliphatic rings. The highest BCUT2D eigenvalue weighted by molar-refractivity contribution is 6.33. The molecule has 6 unspecified atom stereocenters. The number of hydrogen-bond acceptors (Lipinski definition) is 7. The van der Waals surface area contributed by atoms with Gasteiger partial charge in [0.1, 0.15) is 5.75 Å². The second kappa shape index (κ2) is 12.8. The minimum atomic E-state index is -1.49. The summed E-state index contributed by atoms with van der Waals surface area (Å²) < 4.78 is 5.53. The Balaban J connectivity index is 1.30. The molecule has 0 aromatic heterocycles. The fraction of sp³-hybridized carbons (Fsp3) is 0.268. The van der Waals surface area contributed by atoms with Crippen LogP contribution in [0.3, 0.4) is 0 Å². The van der Waals surface area contributed by atoms with Gasteiger partial charge in [-0.15, -0.1) is 0 Å². The van der Waals surface area contributed by atoms with Crippen LogP contribution in [0.25, 0.3) is 0 Å². The highest BCUT2D eigenvalue weighted by atomic mass is 35.5. The summed E-state index contributed by atoms with van der Waals surface area (Å²) in [6.07, 6.45) is 2.80.